The van der Waals surface area contributed by atoms with Gasteiger partial charge in [-0.25, -0.2) is 17.9 Å². The summed E-state index contributed by atoms with van der Waals surface area (Å²) in [5.41, 5.74) is -0.119. The van der Waals surface area contributed by atoms with Crippen molar-refractivity contribution in [1.29, 1.82) is 0 Å². The van der Waals surface area contributed by atoms with Crippen LogP contribution in [0.3, 0.4) is 0 Å². The molecule has 1 aliphatic rings. The van der Waals surface area contributed by atoms with Crippen molar-refractivity contribution in [1.82, 2.24) is 19.4 Å². The predicted octanol–water partition coefficient (Wildman–Crippen LogP) is 0.873. The maximum atomic E-state index is 12.6. The minimum absolute atomic E-state index is 0.130. The molecule has 31 heavy (non-hydrogen) atoms. The zero-order chi connectivity index (χ0) is 22.4. The van der Waals surface area contributed by atoms with Crippen LogP contribution >= 0.6 is 0 Å². The molecule has 3 heterocycles. The van der Waals surface area contributed by atoms with Crippen molar-refractivity contribution in [2.75, 3.05) is 18.5 Å². The molecule has 0 atom stereocenters. The lowest BCUT2D eigenvalue weighted by Gasteiger charge is -2.18. The highest BCUT2D eigenvalue weighted by atomic mass is 32.2. The second-order valence-electron chi connectivity index (χ2n) is 7.90. The SMILES string of the molecule is CC(C)(C)S(=O)(=O)c1ccc2nn(CC(=O)Nc3ccc4c(c3)OCCO4)c(=O)n2n1. The molecule has 12 heteroatoms. The lowest BCUT2D eigenvalue weighted by Crippen LogP contribution is -2.31. The van der Waals surface area contributed by atoms with Crippen LogP contribution in [0.4, 0.5) is 5.69 Å². The Morgan fingerprint density at radius 2 is 1.81 bits per heavy atom. The molecule has 0 radical (unpaired) electrons. The molecule has 3 aromatic rings. The lowest BCUT2D eigenvalue weighted by atomic mass is 10.2. The van der Waals surface area contributed by atoms with Gasteiger partial charge in [-0.1, -0.05) is 0 Å². The number of sulfone groups is 1. The van der Waals surface area contributed by atoms with Crippen LogP contribution in [0.2, 0.25) is 0 Å². The largest absolute Gasteiger partial charge is 0.486 e. The van der Waals surface area contributed by atoms with Crippen molar-refractivity contribution < 1.29 is 22.7 Å². The van der Waals surface area contributed by atoms with Gasteiger partial charge in [0.05, 0.1) is 4.75 Å². The van der Waals surface area contributed by atoms with E-state index in [0.29, 0.717) is 30.4 Å². The number of nitrogens with one attached hydrogen (secondary N) is 1. The molecule has 1 N–H and O–H groups in total. The number of benzene rings is 1. The Kier molecular flexibility index (Phi) is 4.96. The van der Waals surface area contributed by atoms with Crippen LogP contribution in [0.1, 0.15) is 20.8 Å². The van der Waals surface area contributed by atoms with E-state index in [-0.39, 0.29) is 17.2 Å². The van der Waals surface area contributed by atoms with Crippen molar-refractivity contribution in [3.8, 4) is 11.5 Å². The molecule has 4 rings (SSSR count). The molecule has 11 nitrogen and oxygen atoms in total. The Morgan fingerprint density at radius 3 is 2.52 bits per heavy atom. The third kappa shape index (κ3) is 3.85. The van der Waals surface area contributed by atoms with Gasteiger partial charge in [-0.05, 0) is 45.0 Å². The first-order valence-corrected chi connectivity index (χ1v) is 11.0. The number of anilines is 1. The number of amides is 1. The monoisotopic (exact) mass is 447 g/mol. The quantitative estimate of drug-likeness (QED) is 0.623. The maximum Gasteiger partial charge on any atom is 0.367 e. The minimum atomic E-state index is -3.76. The van der Waals surface area contributed by atoms with Gasteiger partial charge >= 0.3 is 5.69 Å². The number of hydrogen-bond acceptors (Lipinski definition) is 8. The number of carbonyl (C=O) groups is 1. The van der Waals surface area contributed by atoms with Crippen LogP contribution in [0.5, 0.6) is 11.5 Å². The van der Waals surface area contributed by atoms with E-state index in [0.717, 1.165) is 9.20 Å². The van der Waals surface area contributed by atoms with E-state index in [1.165, 1.54) is 12.1 Å². The predicted molar refractivity (Wildman–Crippen MR) is 110 cm³/mol. The highest BCUT2D eigenvalue weighted by Crippen LogP contribution is 2.32. The van der Waals surface area contributed by atoms with Crippen LogP contribution in [0.15, 0.2) is 40.2 Å². The molecule has 0 spiro atoms. The number of fused-ring (bicyclic) bond motifs is 2. The van der Waals surface area contributed by atoms with E-state index in [9.17, 15) is 18.0 Å². The lowest BCUT2D eigenvalue weighted by molar-refractivity contribution is -0.117. The Labute approximate surface area is 177 Å². The highest BCUT2D eigenvalue weighted by molar-refractivity contribution is 7.92. The first-order valence-electron chi connectivity index (χ1n) is 9.47. The van der Waals surface area contributed by atoms with Crippen molar-refractivity contribution in [2.45, 2.75) is 37.1 Å². The zero-order valence-corrected chi connectivity index (χ0v) is 18.0. The molecule has 0 fully saturated rings. The molecule has 1 aromatic carbocycles. The number of nitrogens with zero attached hydrogens (tertiary/aromatic N) is 4. The fraction of sp³-hybridized carbons (Fsp3) is 0.368. The molecule has 1 amide bonds. The third-order valence-electron chi connectivity index (χ3n) is 4.62. The molecule has 1 aliphatic heterocycles. The summed E-state index contributed by atoms with van der Waals surface area (Å²) in [5, 5.41) is 10.4. The molecule has 0 saturated heterocycles. The normalized spacial score (nSPS) is 13.9. The maximum absolute atomic E-state index is 12.6. The topological polar surface area (TPSA) is 134 Å². The van der Waals surface area contributed by atoms with Gasteiger partial charge in [0.25, 0.3) is 0 Å². The average Bonchev–Trinajstić information content (AvgIpc) is 3.01. The number of ether oxygens (including phenoxy) is 2. The van der Waals surface area contributed by atoms with Gasteiger partial charge in [0, 0.05) is 11.8 Å². The molecule has 164 valence electrons. The Hall–Kier alpha value is -3.41. The molecular formula is C19H21N5O6S. The van der Waals surface area contributed by atoms with Crippen molar-refractivity contribution in [3.63, 3.8) is 0 Å². The fourth-order valence-electron chi connectivity index (χ4n) is 2.91. The first-order chi connectivity index (χ1) is 14.6. The average molecular weight is 447 g/mol. The molecule has 2 aromatic heterocycles. The van der Waals surface area contributed by atoms with Gasteiger partial charge in [0.2, 0.25) is 15.7 Å². The summed E-state index contributed by atoms with van der Waals surface area (Å²) in [5.74, 6) is 0.614. The summed E-state index contributed by atoms with van der Waals surface area (Å²) in [4.78, 5) is 25.1. The Bertz CT molecular complexity index is 1340. The summed E-state index contributed by atoms with van der Waals surface area (Å²) in [6.07, 6.45) is 0. The molecule has 0 aliphatic carbocycles. The number of hydrogen-bond donors (Lipinski definition) is 1. The second kappa shape index (κ2) is 7.38. The summed E-state index contributed by atoms with van der Waals surface area (Å²) in [6, 6.07) is 7.64. The third-order valence-corrected chi connectivity index (χ3v) is 7.00. The summed E-state index contributed by atoms with van der Waals surface area (Å²) in [7, 11) is -3.76. The zero-order valence-electron chi connectivity index (χ0n) is 17.2. The van der Waals surface area contributed by atoms with E-state index < -0.39 is 26.2 Å². The second-order valence-corrected chi connectivity index (χ2v) is 10.6. The van der Waals surface area contributed by atoms with E-state index >= 15 is 0 Å². The van der Waals surface area contributed by atoms with Gasteiger partial charge in [0.15, 0.2) is 22.2 Å². The molecule has 0 bridgehead atoms. The van der Waals surface area contributed by atoms with Crippen LogP contribution in [-0.2, 0) is 21.2 Å². The molecule has 0 saturated carbocycles. The van der Waals surface area contributed by atoms with Crippen LogP contribution in [0.25, 0.3) is 5.65 Å². The first kappa shape index (κ1) is 20.8. The number of rotatable bonds is 4. The van der Waals surface area contributed by atoms with Crippen LogP contribution < -0.4 is 20.5 Å². The number of carbonyl (C=O) groups excluding carboxylic acids is 1. The van der Waals surface area contributed by atoms with Gasteiger partial charge in [-0.15, -0.1) is 10.2 Å². The van der Waals surface area contributed by atoms with E-state index in [1.807, 2.05) is 0 Å². The van der Waals surface area contributed by atoms with Gasteiger partial charge in [0.1, 0.15) is 19.8 Å². The number of aromatic nitrogens is 4. The summed E-state index contributed by atoms with van der Waals surface area (Å²) < 4.78 is 36.8. The molecular weight excluding hydrogens is 426 g/mol. The summed E-state index contributed by atoms with van der Waals surface area (Å²) in [6.45, 7) is 5.13. The summed E-state index contributed by atoms with van der Waals surface area (Å²) >= 11 is 0. The van der Waals surface area contributed by atoms with Gasteiger partial charge in [-0.2, -0.15) is 4.52 Å². The minimum Gasteiger partial charge on any atom is -0.486 e. The van der Waals surface area contributed by atoms with Gasteiger partial charge < -0.3 is 14.8 Å². The van der Waals surface area contributed by atoms with Crippen molar-refractivity contribution >= 4 is 27.1 Å². The van der Waals surface area contributed by atoms with E-state index in [2.05, 4.69) is 15.5 Å². The van der Waals surface area contributed by atoms with Crippen molar-refractivity contribution in [3.05, 3.63) is 40.8 Å². The fourth-order valence-corrected chi connectivity index (χ4v) is 3.97. The highest BCUT2D eigenvalue weighted by Gasteiger charge is 2.33. The van der Waals surface area contributed by atoms with Crippen LogP contribution in [-0.4, -0.2) is 51.7 Å². The smallest absolute Gasteiger partial charge is 0.367 e. The van der Waals surface area contributed by atoms with E-state index in [4.69, 9.17) is 9.47 Å². The molecule has 0 unspecified atom stereocenters. The van der Waals surface area contributed by atoms with E-state index in [1.54, 1.807) is 39.0 Å². The van der Waals surface area contributed by atoms with Crippen molar-refractivity contribution in [2.24, 2.45) is 0 Å². The Morgan fingerprint density at radius 1 is 1.10 bits per heavy atom. The Balaban J connectivity index is 1.57. The van der Waals surface area contributed by atoms with Gasteiger partial charge in [-0.3, -0.25) is 4.79 Å². The standard InChI is InChI=1S/C19H21N5O6S/c1-19(2,3)31(27,28)17-7-6-15-21-23(18(26)24(15)22-17)11-16(25)20-12-4-5-13-14(10-12)30-9-8-29-13/h4-7,10H,8-9,11H2,1-3H3,(H,20,25). The van der Waals surface area contributed by atoms with Crippen LogP contribution in [0, 0.1) is 0 Å².